The summed E-state index contributed by atoms with van der Waals surface area (Å²) in [6, 6.07) is 10.4. The van der Waals surface area contributed by atoms with Gasteiger partial charge in [-0.1, -0.05) is 49.2 Å². The van der Waals surface area contributed by atoms with Crippen molar-refractivity contribution in [3.63, 3.8) is 0 Å². The number of ether oxygens (including phenoxy) is 1. The topological polar surface area (TPSA) is 58.6 Å². The number of aryl methyl sites for hydroxylation is 1. The minimum atomic E-state index is -0.395. The molecular weight excluding hydrogens is 411 g/mol. The lowest BCUT2D eigenvalue weighted by Gasteiger charge is -2.18. The number of hydrogen-bond acceptors (Lipinski definition) is 4. The average molecular weight is 433 g/mol. The quantitative estimate of drug-likeness (QED) is 0.640. The van der Waals surface area contributed by atoms with Crippen LogP contribution in [0.4, 0.5) is 5.69 Å². The standard InChI is InChI=1S/C22H22Cl2N2O3/c1-12(2)11-26-21(27)19(15-7-6-14(23)10-16(15)24)20(22(26)28)25-17-9-13(3)5-8-18(17)29-4/h5-10,12,25H,11H2,1-4H3. The second-order valence-electron chi connectivity index (χ2n) is 7.32. The van der Waals surface area contributed by atoms with Crippen LogP contribution in [0.15, 0.2) is 42.1 Å². The summed E-state index contributed by atoms with van der Waals surface area (Å²) in [6.45, 7) is 6.14. The Kier molecular flexibility index (Phi) is 6.20. The van der Waals surface area contributed by atoms with Crippen LogP contribution in [0.5, 0.6) is 5.75 Å². The minimum Gasteiger partial charge on any atom is -0.495 e. The predicted octanol–water partition coefficient (Wildman–Crippen LogP) is 5.16. The number of hydrogen-bond donors (Lipinski definition) is 1. The molecule has 5 nitrogen and oxygen atoms in total. The second-order valence-corrected chi connectivity index (χ2v) is 8.16. The van der Waals surface area contributed by atoms with Crippen molar-refractivity contribution in [3.05, 3.63) is 63.3 Å². The highest BCUT2D eigenvalue weighted by molar-refractivity contribution is 6.41. The average Bonchev–Trinajstić information content (AvgIpc) is 2.86. The number of carbonyl (C=O) groups excluding carboxylic acids is 2. The molecule has 3 rings (SSSR count). The maximum atomic E-state index is 13.2. The highest BCUT2D eigenvalue weighted by Crippen LogP contribution is 2.37. The van der Waals surface area contributed by atoms with E-state index in [1.54, 1.807) is 31.4 Å². The van der Waals surface area contributed by atoms with Crippen molar-refractivity contribution < 1.29 is 14.3 Å². The first-order valence-electron chi connectivity index (χ1n) is 9.20. The van der Waals surface area contributed by atoms with E-state index in [0.717, 1.165) is 5.56 Å². The summed E-state index contributed by atoms with van der Waals surface area (Å²) in [4.78, 5) is 27.6. The molecule has 0 saturated carbocycles. The number of methoxy groups -OCH3 is 1. The van der Waals surface area contributed by atoms with E-state index in [9.17, 15) is 9.59 Å². The van der Waals surface area contributed by atoms with Crippen molar-refractivity contribution in [2.45, 2.75) is 20.8 Å². The van der Waals surface area contributed by atoms with Gasteiger partial charge >= 0.3 is 0 Å². The number of nitrogens with zero attached hydrogens (tertiary/aromatic N) is 1. The molecule has 0 bridgehead atoms. The van der Waals surface area contributed by atoms with Crippen LogP contribution in [0.1, 0.15) is 25.0 Å². The molecular formula is C22H22Cl2N2O3. The molecule has 29 heavy (non-hydrogen) atoms. The number of anilines is 1. The summed E-state index contributed by atoms with van der Waals surface area (Å²) >= 11 is 12.4. The highest BCUT2D eigenvalue weighted by atomic mass is 35.5. The number of imide groups is 1. The van der Waals surface area contributed by atoms with Gasteiger partial charge < -0.3 is 10.1 Å². The largest absolute Gasteiger partial charge is 0.495 e. The van der Waals surface area contributed by atoms with E-state index in [4.69, 9.17) is 27.9 Å². The SMILES string of the molecule is COc1ccc(C)cc1NC1=C(c2ccc(Cl)cc2Cl)C(=O)N(CC(C)C)C1=O. The minimum absolute atomic E-state index is 0.123. The maximum Gasteiger partial charge on any atom is 0.278 e. The Labute approximate surface area is 180 Å². The molecule has 0 spiro atoms. The first-order valence-corrected chi connectivity index (χ1v) is 9.96. The number of rotatable bonds is 6. The molecule has 2 aromatic rings. The van der Waals surface area contributed by atoms with E-state index in [-0.39, 0.29) is 23.1 Å². The van der Waals surface area contributed by atoms with Crippen LogP contribution in [0.2, 0.25) is 10.0 Å². The van der Waals surface area contributed by atoms with Crippen LogP contribution >= 0.6 is 23.2 Å². The fourth-order valence-electron chi connectivity index (χ4n) is 3.22. The second kappa shape index (κ2) is 8.47. The summed E-state index contributed by atoms with van der Waals surface area (Å²) < 4.78 is 5.41. The predicted molar refractivity (Wildman–Crippen MR) is 116 cm³/mol. The summed E-state index contributed by atoms with van der Waals surface area (Å²) in [5, 5.41) is 3.88. The Hall–Kier alpha value is -2.50. The molecule has 0 saturated heterocycles. The Morgan fingerprint density at radius 1 is 1.07 bits per heavy atom. The van der Waals surface area contributed by atoms with Gasteiger partial charge in [0.25, 0.3) is 11.8 Å². The third-order valence-electron chi connectivity index (χ3n) is 4.53. The van der Waals surface area contributed by atoms with Gasteiger partial charge in [-0.15, -0.1) is 0 Å². The number of carbonyl (C=O) groups is 2. The maximum absolute atomic E-state index is 13.2. The van der Waals surface area contributed by atoms with Crippen molar-refractivity contribution in [1.82, 2.24) is 4.90 Å². The summed E-state index contributed by atoms with van der Waals surface area (Å²) in [5.74, 6) is -0.0970. The summed E-state index contributed by atoms with van der Waals surface area (Å²) in [7, 11) is 1.55. The monoisotopic (exact) mass is 432 g/mol. The van der Waals surface area contributed by atoms with E-state index in [1.165, 1.54) is 4.90 Å². The number of amides is 2. The number of halogens is 2. The fraction of sp³-hybridized carbons (Fsp3) is 0.273. The molecule has 1 N–H and O–H groups in total. The van der Waals surface area contributed by atoms with Gasteiger partial charge in [0.15, 0.2) is 0 Å². The molecule has 0 aliphatic carbocycles. The molecule has 7 heteroatoms. The van der Waals surface area contributed by atoms with Crippen molar-refractivity contribution in [2.75, 3.05) is 19.0 Å². The third-order valence-corrected chi connectivity index (χ3v) is 5.08. The van der Waals surface area contributed by atoms with Gasteiger partial charge in [-0.25, -0.2) is 0 Å². The lowest BCUT2D eigenvalue weighted by atomic mass is 10.0. The Balaban J connectivity index is 2.16. The zero-order valence-corrected chi connectivity index (χ0v) is 18.2. The summed E-state index contributed by atoms with van der Waals surface area (Å²) in [5.41, 5.74) is 2.42. The highest BCUT2D eigenvalue weighted by Gasteiger charge is 2.40. The van der Waals surface area contributed by atoms with E-state index >= 15 is 0 Å². The molecule has 2 aromatic carbocycles. The zero-order valence-electron chi connectivity index (χ0n) is 16.7. The molecule has 1 aliphatic heterocycles. The smallest absolute Gasteiger partial charge is 0.278 e. The first kappa shape index (κ1) is 21.2. The first-order chi connectivity index (χ1) is 13.7. The van der Waals surface area contributed by atoms with Crippen molar-refractivity contribution >= 4 is 46.3 Å². The molecule has 0 unspecified atom stereocenters. The van der Waals surface area contributed by atoms with Crippen LogP contribution in [0.3, 0.4) is 0 Å². The van der Waals surface area contributed by atoms with E-state index in [1.807, 2.05) is 32.9 Å². The van der Waals surface area contributed by atoms with Crippen LogP contribution in [-0.2, 0) is 9.59 Å². The van der Waals surface area contributed by atoms with Gasteiger partial charge in [-0.05, 0) is 42.7 Å². The third kappa shape index (κ3) is 4.26. The van der Waals surface area contributed by atoms with Crippen LogP contribution in [0, 0.1) is 12.8 Å². The fourth-order valence-corrected chi connectivity index (χ4v) is 3.72. The van der Waals surface area contributed by atoms with Crippen molar-refractivity contribution in [1.29, 1.82) is 0 Å². The Morgan fingerprint density at radius 3 is 2.41 bits per heavy atom. The van der Waals surface area contributed by atoms with Gasteiger partial charge in [-0.2, -0.15) is 0 Å². The van der Waals surface area contributed by atoms with E-state index in [0.29, 0.717) is 33.6 Å². The van der Waals surface area contributed by atoms with Crippen molar-refractivity contribution in [2.24, 2.45) is 5.92 Å². The molecule has 1 aliphatic rings. The molecule has 0 aromatic heterocycles. The molecule has 152 valence electrons. The Bertz CT molecular complexity index is 1020. The zero-order chi connectivity index (χ0) is 21.3. The number of benzene rings is 2. The lowest BCUT2D eigenvalue weighted by Crippen LogP contribution is -2.35. The van der Waals surface area contributed by atoms with Gasteiger partial charge in [-0.3, -0.25) is 14.5 Å². The molecule has 0 atom stereocenters. The summed E-state index contributed by atoms with van der Waals surface area (Å²) in [6.07, 6.45) is 0. The number of nitrogens with one attached hydrogen (secondary N) is 1. The molecule has 0 fully saturated rings. The molecule has 0 radical (unpaired) electrons. The molecule has 2 amide bonds. The molecule has 1 heterocycles. The van der Waals surface area contributed by atoms with Gasteiger partial charge in [0.05, 0.1) is 23.4 Å². The lowest BCUT2D eigenvalue weighted by molar-refractivity contribution is -0.137. The Morgan fingerprint density at radius 2 is 1.79 bits per heavy atom. The van der Waals surface area contributed by atoms with Gasteiger partial charge in [0.1, 0.15) is 11.4 Å². The normalized spacial score (nSPS) is 14.2. The van der Waals surface area contributed by atoms with Crippen LogP contribution in [-0.4, -0.2) is 30.4 Å². The van der Waals surface area contributed by atoms with E-state index in [2.05, 4.69) is 5.32 Å². The van der Waals surface area contributed by atoms with Crippen LogP contribution in [0.25, 0.3) is 5.57 Å². The van der Waals surface area contributed by atoms with E-state index < -0.39 is 5.91 Å². The van der Waals surface area contributed by atoms with Crippen LogP contribution < -0.4 is 10.1 Å². The van der Waals surface area contributed by atoms with Gasteiger partial charge in [0.2, 0.25) is 0 Å². The van der Waals surface area contributed by atoms with Crippen molar-refractivity contribution in [3.8, 4) is 5.75 Å². The van der Waals surface area contributed by atoms with Gasteiger partial charge in [0, 0.05) is 17.1 Å².